The van der Waals surface area contributed by atoms with E-state index in [4.69, 9.17) is 10.5 Å². The van der Waals surface area contributed by atoms with Crippen molar-refractivity contribution in [3.8, 4) is 0 Å². The van der Waals surface area contributed by atoms with Crippen molar-refractivity contribution >= 4 is 5.78 Å². The van der Waals surface area contributed by atoms with Gasteiger partial charge < -0.3 is 0 Å². The van der Waals surface area contributed by atoms with E-state index in [1.54, 1.807) is 13.0 Å². The van der Waals surface area contributed by atoms with E-state index < -0.39 is 0 Å². The average molecular weight is 256 g/mol. The van der Waals surface area contributed by atoms with Crippen LogP contribution in [-0.2, 0) is 9.83 Å². The molecule has 0 fully saturated rings. The number of hydrogen-bond acceptors (Lipinski definition) is 4. The summed E-state index contributed by atoms with van der Waals surface area (Å²) in [6.45, 7) is 10.7. The van der Waals surface area contributed by atoms with E-state index >= 15 is 0 Å². The second kappa shape index (κ2) is 7.46. The van der Waals surface area contributed by atoms with Crippen LogP contribution in [0.25, 0.3) is 0 Å². The molecule has 0 heterocycles. The fourth-order valence-corrected chi connectivity index (χ4v) is 2.32. The fourth-order valence-electron chi connectivity index (χ4n) is 2.32. The van der Waals surface area contributed by atoms with Crippen molar-refractivity contribution < 1.29 is 20.3 Å². The Balaban J connectivity index is 0.000000873. The second-order valence-electron chi connectivity index (χ2n) is 5.44. The van der Waals surface area contributed by atoms with Crippen LogP contribution in [0.15, 0.2) is 23.8 Å². The number of hydrogen-bond donors (Lipinski definition) is 2. The van der Waals surface area contributed by atoms with Crippen LogP contribution in [0.4, 0.5) is 0 Å². The summed E-state index contributed by atoms with van der Waals surface area (Å²) in [6.07, 6.45) is 7.25. The Morgan fingerprint density at radius 3 is 2.44 bits per heavy atom. The lowest BCUT2D eigenvalue weighted by Gasteiger charge is -2.42. The molecule has 1 rings (SSSR count). The van der Waals surface area contributed by atoms with E-state index in [-0.39, 0.29) is 11.2 Å². The SMILES string of the molecule is CC(=O)C=CC1C(C)=CCC(C)C1(C)C.OOO. The van der Waals surface area contributed by atoms with Crippen LogP contribution >= 0.6 is 0 Å². The Hall–Kier alpha value is -0.970. The number of ketones is 1. The molecule has 4 heteroatoms. The number of rotatable bonds is 2. The molecule has 0 saturated carbocycles. The largest absolute Gasteiger partial charge is 0.295 e. The van der Waals surface area contributed by atoms with Gasteiger partial charge in [-0.15, -0.1) is 0 Å². The summed E-state index contributed by atoms with van der Waals surface area (Å²) in [5.41, 5.74) is 1.65. The van der Waals surface area contributed by atoms with Gasteiger partial charge in [0.2, 0.25) is 0 Å². The molecule has 0 aromatic carbocycles. The quantitative estimate of drug-likeness (QED) is 0.342. The molecule has 0 aromatic heterocycles. The third kappa shape index (κ3) is 4.72. The zero-order chi connectivity index (χ0) is 14.3. The zero-order valence-electron chi connectivity index (χ0n) is 11.8. The fraction of sp³-hybridized carbons (Fsp3) is 0.643. The zero-order valence-corrected chi connectivity index (χ0v) is 11.8. The normalized spacial score (nSPS) is 26.3. The van der Waals surface area contributed by atoms with Crippen LogP contribution in [0, 0.1) is 17.3 Å². The average Bonchev–Trinajstić information content (AvgIpc) is 2.24. The first-order valence-corrected chi connectivity index (χ1v) is 6.07. The maximum Gasteiger partial charge on any atom is 0.152 e. The highest BCUT2D eigenvalue weighted by Gasteiger charge is 2.36. The summed E-state index contributed by atoms with van der Waals surface area (Å²) >= 11 is 0. The molecule has 18 heavy (non-hydrogen) atoms. The Bertz CT molecular complexity index is 329. The van der Waals surface area contributed by atoms with Crippen LogP contribution in [0.5, 0.6) is 0 Å². The first-order valence-electron chi connectivity index (χ1n) is 6.07. The molecule has 1 aliphatic rings. The van der Waals surface area contributed by atoms with Crippen molar-refractivity contribution in [2.24, 2.45) is 17.3 Å². The third-order valence-corrected chi connectivity index (χ3v) is 3.88. The molecule has 104 valence electrons. The van der Waals surface area contributed by atoms with Crippen LogP contribution < -0.4 is 0 Å². The molecule has 4 nitrogen and oxygen atoms in total. The van der Waals surface area contributed by atoms with Crippen LogP contribution in [-0.4, -0.2) is 16.3 Å². The van der Waals surface area contributed by atoms with Gasteiger partial charge in [-0.25, -0.2) is 10.5 Å². The van der Waals surface area contributed by atoms with E-state index in [1.807, 2.05) is 0 Å². The van der Waals surface area contributed by atoms with Crippen molar-refractivity contribution in [1.82, 2.24) is 0 Å². The first-order chi connectivity index (χ1) is 8.27. The molecule has 0 spiro atoms. The minimum atomic E-state index is 0.136. The maximum absolute atomic E-state index is 11.0. The molecule has 0 aromatic rings. The van der Waals surface area contributed by atoms with E-state index in [2.05, 4.69) is 44.9 Å². The van der Waals surface area contributed by atoms with Gasteiger partial charge in [0.1, 0.15) is 0 Å². The van der Waals surface area contributed by atoms with Gasteiger partial charge in [0.25, 0.3) is 0 Å². The van der Waals surface area contributed by atoms with Gasteiger partial charge in [-0.2, -0.15) is 0 Å². The third-order valence-electron chi connectivity index (χ3n) is 3.88. The van der Waals surface area contributed by atoms with Gasteiger partial charge in [-0.3, -0.25) is 4.79 Å². The van der Waals surface area contributed by atoms with Gasteiger partial charge in [0, 0.05) is 5.92 Å². The topological polar surface area (TPSA) is 66.8 Å². The summed E-state index contributed by atoms with van der Waals surface area (Å²) < 4.78 is 0. The highest BCUT2D eigenvalue weighted by Crippen LogP contribution is 2.45. The molecule has 0 radical (unpaired) electrons. The smallest absolute Gasteiger partial charge is 0.152 e. The summed E-state index contributed by atoms with van der Waals surface area (Å²) in [4.78, 5) is 11.0. The summed E-state index contributed by atoms with van der Waals surface area (Å²) in [5.74, 6) is 1.21. The molecule has 0 saturated heterocycles. The molecule has 1 aliphatic carbocycles. The Morgan fingerprint density at radius 2 is 2.00 bits per heavy atom. The maximum atomic E-state index is 11.0. The van der Waals surface area contributed by atoms with Crippen molar-refractivity contribution in [2.75, 3.05) is 0 Å². The Morgan fingerprint density at radius 1 is 1.50 bits per heavy atom. The van der Waals surface area contributed by atoms with E-state index in [0.717, 1.165) is 6.42 Å². The highest BCUT2D eigenvalue weighted by molar-refractivity contribution is 5.87. The molecule has 2 unspecified atom stereocenters. The minimum Gasteiger partial charge on any atom is -0.295 e. The van der Waals surface area contributed by atoms with E-state index in [9.17, 15) is 4.79 Å². The lowest BCUT2D eigenvalue weighted by molar-refractivity contribution is -0.465. The van der Waals surface area contributed by atoms with Crippen molar-refractivity contribution in [3.63, 3.8) is 0 Å². The lowest BCUT2D eigenvalue weighted by Crippen LogP contribution is -2.33. The first kappa shape index (κ1) is 17.0. The molecular formula is C14H24O4. The lowest BCUT2D eigenvalue weighted by atomic mass is 9.63. The second-order valence-corrected chi connectivity index (χ2v) is 5.44. The van der Waals surface area contributed by atoms with Crippen molar-refractivity contribution in [3.05, 3.63) is 23.8 Å². The minimum absolute atomic E-state index is 0.136. The molecule has 0 bridgehead atoms. The molecule has 2 N–H and O–H groups in total. The predicted molar refractivity (Wildman–Crippen MR) is 71.0 cm³/mol. The van der Waals surface area contributed by atoms with Crippen LogP contribution in [0.3, 0.4) is 0 Å². The predicted octanol–water partition coefficient (Wildman–Crippen LogP) is 3.71. The van der Waals surface area contributed by atoms with Crippen molar-refractivity contribution in [1.29, 1.82) is 0 Å². The van der Waals surface area contributed by atoms with Gasteiger partial charge >= 0.3 is 0 Å². The highest BCUT2D eigenvalue weighted by atomic mass is 17.4. The Kier molecular flexibility index (Phi) is 7.06. The molecular weight excluding hydrogens is 232 g/mol. The van der Waals surface area contributed by atoms with E-state index in [1.165, 1.54) is 5.57 Å². The van der Waals surface area contributed by atoms with Crippen LogP contribution in [0.2, 0.25) is 0 Å². The van der Waals surface area contributed by atoms with Crippen molar-refractivity contribution in [2.45, 2.75) is 41.0 Å². The number of carbonyl (C=O) groups excluding carboxylic acids is 1. The molecule has 0 aliphatic heterocycles. The van der Waals surface area contributed by atoms with Crippen LogP contribution in [0.1, 0.15) is 41.0 Å². The summed E-state index contributed by atoms with van der Waals surface area (Å²) in [5, 5.41) is 15.5. The van der Waals surface area contributed by atoms with Gasteiger partial charge in [-0.05, 0) is 37.7 Å². The van der Waals surface area contributed by atoms with Gasteiger partial charge in [-0.1, -0.05) is 43.5 Å². The summed E-state index contributed by atoms with van der Waals surface area (Å²) in [6, 6.07) is 0. The molecule has 2 atom stereocenters. The monoisotopic (exact) mass is 256 g/mol. The standard InChI is InChI=1S/C14H22O.H2O3/c1-10-6-7-11(2)14(4,5)13(10)9-8-12(3)15;1-3-2/h6,8-9,11,13H,7H2,1-5H3;1-2H. The summed E-state index contributed by atoms with van der Waals surface area (Å²) in [7, 11) is 0. The number of allylic oxidation sites excluding steroid dienone is 4. The number of carbonyl (C=O) groups is 1. The van der Waals surface area contributed by atoms with Gasteiger partial charge in [0.15, 0.2) is 5.78 Å². The Labute approximate surface area is 109 Å². The molecule has 0 amide bonds. The van der Waals surface area contributed by atoms with E-state index in [0.29, 0.717) is 11.8 Å². The van der Waals surface area contributed by atoms with Gasteiger partial charge in [0.05, 0.1) is 0 Å².